The van der Waals surface area contributed by atoms with Crippen molar-refractivity contribution in [2.75, 3.05) is 5.32 Å². The van der Waals surface area contributed by atoms with E-state index in [1.54, 1.807) is 6.21 Å². The van der Waals surface area contributed by atoms with Crippen molar-refractivity contribution in [1.29, 1.82) is 0 Å². The van der Waals surface area contributed by atoms with Crippen molar-refractivity contribution in [2.45, 2.75) is 52.4 Å². The zero-order valence-electron chi connectivity index (χ0n) is 16.9. The molecule has 0 saturated heterocycles. The number of phenols is 1. The van der Waals surface area contributed by atoms with Gasteiger partial charge in [0.25, 0.3) is 0 Å². The normalized spacial score (nSPS) is 12.2. The molecule has 0 amide bonds. The quantitative estimate of drug-likeness (QED) is 0.382. The van der Waals surface area contributed by atoms with Gasteiger partial charge in [-0.05, 0) is 46.8 Å². The summed E-state index contributed by atoms with van der Waals surface area (Å²) in [5, 5.41) is 18.4. The van der Waals surface area contributed by atoms with Crippen molar-refractivity contribution in [1.82, 2.24) is 5.43 Å². The van der Waals surface area contributed by atoms with Crippen LogP contribution in [0.3, 0.4) is 0 Å². The minimum atomic E-state index is -0.175. The van der Waals surface area contributed by atoms with Crippen LogP contribution in [-0.2, 0) is 10.8 Å². The second-order valence-corrected chi connectivity index (χ2v) is 9.06. The molecule has 0 aliphatic rings. The monoisotopic (exact) mass is 383 g/mol. The van der Waals surface area contributed by atoms with E-state index in [1.165, 1.54) is 0 Å². The maximum atomic E-state index is 10.7. The molecule has 2 aromatic carbocycles. The Morgan fingerprint density at radius 2 is 1.63 bits per heavy atom. The molecule has 4 nitrogen and oxygen atoms in total. The molecule has 0 radical (unpaired) electrons. The first kappa shape index (κ1) is 20.9. The van der Waals surface area contributed by atoms with Crippen molar-refractivity contribution < 1.29 is 5.11 Å². The summed E-state index contributed by atoms with van der Waals surface area (Å²) in [6.45, 7) is 12.7. The Kier molecular flexibility index (Phi) is 6.26. The summed E-state index contributed by atoms with van der Waals surface area (Å²) in [5.74, 6) is 0.253. The number of benzene rings is 2. The van der Waals surface area contributed by atoms with Crippen molar-refractivity contribution in [3.05, 3.63) is 59.2 Å². The Hall–Kier alpha value is -2.40. The molecule has 5 heteroatoms. The van der Waals surface area contributed by atoms with E-state index >= 15 is 0 Å². The highest BCUT2D eigenvalue weighted by molar-refractivity contribution is 7.80. The highest BCUT2D eigenvalue weighted by Crippen LogP contribution is 2.37. The second-order valence-electron chi connectivity index (χ2n) is 8.65. The summed E-state index contributed by atoms with van der Waals surface area (Å²) in [4.78, 5) is 0. The van der Waals surface area contributed by atoms with E-state index in [-0.39, 0.29) is 16.6 Å². The van der Waals surface area contributed by atoms with Gasteiger partial charge in [-0.25, -0.2) is 0 Å². The van der Waals surface area contributed by atoms with Crippen LogP contribution in [-0.4, -0.2) is 16.4 Å². The molecular weight excluding hydrogens is 354 g/mol. The SMILES string of the molecule is CC(C)(C)c1cc(/C=N/NC(=S)Nc2ccccc2)c(O)c(C(C)(C)C)c1. The first-order chi connectivity index (χ1) is 12.5. The van der Waals surface area contributed by atoms with Gasteiger partial charge < -0.3 is 10.4 Å². The number of para-hydroxylation sites is 1. The Morgan fingerprint density at radius 1 is 1.00 bits per heavy atom. The van der Waals surface area contributed by atoms with E-state index in [0.717, 1.165) is 16.8 Å². The Labute approximate surface area is 167 Å². The fourth-order valence-electron chi connectivity index (χ4n) is 2.60. The lowest BCUT2D eigenvalue weighted by Crippen LogP contribution is -2.24. The molecule has 2 aromatic rings. The Bertz CT molecular complexity index is 831. The molecule has 0 bridgehead atoms. The number of hydrazone groups is 1. The van der Waals surface area contributed by atoms with Gasteiger partial charge in [-0.15, -0.1) is 0 Å². The molecule has 27 heavy (non-hydrogen) atoms. The number of phenolic OH excluding ortho intramolecular Hbond substituents is 1. The van der Waals surface area contributed by atoms with Gasteiger partial charge in [0.2, 0.25) is 0 Å². The van der Waals surface area contributed by atoms with Crippen LogP contribution in [0.5, 0.6) is 5.75 Å². The lowest BCUT2D eigenvalue weighted by molar-refractivity contribution is 0.444. The molecule has 144 valence electrons. The Morgan fingerprint density at radius 3 is 2.19 bits per heavy atom. The molecule has 0 fully saturated rings. The highest BCUT2D eigenvalue weighted by Gasteiger charge is 2.24. The largest absolute Gasteiger partial charge is 0.507 e. The molecule has 2 rings (SSSR count). The lowest BCUT2D eigenvalue weighted by Gasteiger charge is -2.26. The number of hydrogen-bond donors (Lipinski definition) is 3. The van der Waals surface area contributed by atoms with Crippen molar-refractivity contribution >= 4 is 29.2 Å². The van der Waals surface area contributed by atoms with E-state index in [1.807, 2.05) is 36.4 Å². The zero-order chi connectivity index (χ0) is 20.2. The minimum absolute atomic E-state index is 0.0338. The smallest absolute Gasteiger partial charge is 0.191 e. The van der Waals surface area contributed by atoms with Crippen LogP contribution in [0, 0.1) is 0 Å². The summed E-state index contributed by atoms with van der Waals surface area (Å²) in [6, 6.07) is 13.7. The molecule has 3 N–H and O–H groups in total. The van der Waals surface area contributed by atoms with Gasteiger partial charge in [0.15, 0.2) is 5.11 Å². The Balaban J connectivity index is 2.24. The topological polar surface area (TPSA) is 56.7 Å². The molecule has 0 aliphatic carbocycles. The summed E-state index contributed by atoms with van der Waals surface area (Å²) in [5.41, 5.74) is 6.20. The van der Waals surface area contributed by atoms with E-state index in [2.05, 4.69) is 63.5 Å². The van der Waals surface area contributed by atoms with Crippen molar-refractivity contribution in [3.8, 4) is 5.75 Å². The fraction of sp³-hybridized carbons (Fsp3) is 0.364. The van der Waals surface area contributed by atoms with E-state index in [0.29, 0.717) is 10.7 Å². The number of hydrogen-bond acceptors (Lipinski definition) is 3. The average Bonchev–Trinajstić information content (AvgIpc) is 2.55. The van der Waals surface area contributed by atoms with Crippen LogP contribution in [0.25, 0.3) is 0 Å². The van der Waals surface area contributed by atoms with E-state index in [4.69, 9.17) is 12.2 Å². The third kappa shape index (κ3) is 5.79. The number of thiocarbonyl (C=S) groups is 1. The number of anilines is 1. The van der Waals surface area contributed by atoms with Gasteiger partial charge in [-0.1, -0.05) is 65.8 Å². The maximum Gasteiger partial charge on any atom is 0.191 e. The number of rotatable bonds is 3. The number of nitrogens with zero attached hydrogens (tertiary/aromatic N) is 1. The van der Waals surface area contributed by atoms with Crippen LogP contribution >= 0.6 is 12.2 Å². The molecular formula is C22H29N3OS. The van der Waals surface area contributed by atoms with E-state index in [9.17, 15) is 5.11 Å². The van der Waals surface area contributed by atoms with Gasteiger partial charge >= 0.3 is 0 Å². The predicted molar refractivity (Wildman–Crippen MR) is 119 cm³/mol. The standard InChI is InChI=1S/C22H29N3OS/c1-21(2,3)16-12-15(19(26)18(13-16)22(4,5)6)14-23-25-20(27)24-17-10-8-7-9-11-17/h7-14,26H,1-6H3,(H2,24,25,27)/b23-14+. The molecule has 0 aromatic heterocycles. The van der Waals surface area contributed by atoms with Crippen LogP contribution in [0.15, 0.2) is 47.6 Å². The van der Waals surface area contributed by atoms with Crippen LogP contribution in [0.1, 0.15) is 58.2 Å². The summed E-state index contributed by atoms with van der Waals surface area (Å²) >= 11 is 5.26. The molecule has 0 atom stereocenters. The third-order valence-electron chi connectivity index (χ3n) is 4.21. The van der Waals surface area contributed by atoms with Crippen LogP contribution in [0.4, 0.5) is 5.69 Å². The first-order valence-corrected chi connectivity index (χ1v) is 9.42. The number of aromatic hydroxyl groups is 1. The van der Waals surface area contributed by atoms with Gasteiger partial charge in [0, 0.05) is 16.8 Å². The predicted octanol–water partition coefficient (Wildman–Crippen LogP) is 5.31. The van der Waals surface area contributed by atoms with E-state index < -0.39 is 0 Å². The zero-order valence-corrected chi connectivity index (χ0v) is 17.7. The molecule has 0 heterocycles. The molecule has 0 unspecified atom stereocenters. The van der Waals surface area contributed by atoms with Crippen LogP contribution < -0.4 is 10.7 Å². The summed E-state index contributed by atoms with van der Waals surface area (Å²) < 4.78 is 0. The average molecular weight is 384 g/mol. The summed E-state index contributed by atoms with van der Waals surface area (Å²) in [6.07, 6.45) is 1.61. The highest BCUT2D eigenvalue weighted by atomic mass is 32.1. The van der Waals surface area contributed by atoms with Gasteiger partial charge in [-0.3, -0.25) is 5.43 Å². The second kappa shape index (κ2) is 8.09. The minimum Gasteiger partial charge on any atom is -0.507 e. The van der Waals surface area contributed by atoms with Crippen LogP contribution in [0.2, 0.25) is 0 Å². The number of nitrogens with one attached hydrogen (secondary N) is 2. The lowest BCUT2D eigenvalue weighted by atomic mass is 9.79. The summed E-state index contributed by atoms with van der Waals surface area (Å²) in [7, 11) is 0. The molecule has 0 aliphatic heterocycles. The molecule has 0 saturated carbocycles. The maximum absolute atomic E-state index is 10.7. The molecule has 0 spiro atoms. The van der Waals surface area contributed by atoms with Crippen molar-refractivity contribution in [3.63, 3.8) is 0 Å². The third-order valence-corrected chi connectivity index (χ3v) is 4.41. The van der Waals surface area contributed by atoms with Gasteiger partial charge in [0.1, 0.15) is 5.75 Å². The first-order valence-electron chi connectivity index (χ1n) is 9.01. The van der Waals surface area contributed by atoms with Crippen molar-refractivity contribution in [2.24, 2.45) is 5.10 Å². The fourth-order valence-corrected chi connectivity index (χ4v) is 2.77. The van der Waals surface area contributed by atoms with Gasteiger partial charge in [0.05, 0.1) is 6.21 Å². The van der Waals surface area contributed by atoms with Gasteiger partial charge in [-0.2, -0.15) is 5.10 Å².